The number of benzene rings is 1. The van der Waals surface area contributed by atoms with E-state index in [1.165, 1.54) is 22.7 Å². The molecule has 110 valence electrons. The summed E-state index contributed by atoms with van der Waals surface area (Å²) in [6, 6.07) is 10.1. The van der Waals surface area contributed by atoms with Gasteiger partial charge in [0.05, 0.1) is 6.61 Å². The smallest absolute Gasteiger partial charge is 0.0504 e. The van der Waals surface area contributed by atoms with Crippen molar-refractivity contribution in [3.05, 3.63) is 47.0 Å². The molecule has 0 bridgehead atoms. The molecule has 2 heteroatoms. The maximum atomic E-state index is 9.96. The lowest BCUT2D eigenvalue weighted by atomic mass is 9.72. The molecule has 2 atom stereocenters. The van der Waals surface area contributed by atoms with Crippen molar-refractivity contribution in [1.29, 1.82) is 0 Å². The van der Waals surface area contributed by atoms with Gasteiger partial charge in [0.2, 0.25) is 0 Å². The van der Waals surface area contributed by atoms with Crippen LogP contribution in [0.15, 0.2) is 35.9 Å². The van der Waals surface area contributed by atoms with Crippen molar-refractivity contribution in [2.24, 2.45) is 5.92 Å². The Kier molecular flexibility index (Phi) is 4.26. The summed E-state index contributed by atoms with van der Waals surface area (Å²) in [7, 11) is -1.13. The Balaban J connectivity index is 2.28. The minimum atomic E-state index is -1.13. The molecule has 0 heterocycles. The Labute approximate surface area is 124 Å². The van der Waals surface area contributed by atoms with E-state index in [1.54, 1.807) is 0 Å². The van der Waals surface area contributed by atoms with Crippen LogP contribution in [0.5, 0.6) is 0 Å². The number of aliphatic hydroxyl groups excluding tert-OH is 1. The van der Waals surface area contributed by atoms with Gasteiger partial charge in [-0.3, -0.25) is 0 Å². The molecular formula is C18H28OSi. The maximum absolute atomic E-state index is 9.96. The van der Waals surface area contributed by atoms with E-state index in [-0.39, 0.29) is 17.9 Å². The zero-order valence-electron chi connectivity index (χ0n) is 13.5. The average Bonchev–Trinajstić information content (AvgIpc) is 2.65. The summed E-state index contributed by atoms with van der Waals surface area (Å²) in [5.74, 6) is 0.289. The van der Waals surface area contributed by atoms with E-state index in [0.717, 1.165) is 6.42 Å². The minimum absolute atomic E-state index is 0.0669. The molecule has 2 rings (SSSR count). The fourth-order valence-corrected chi connectivity index (χ4v) is 5.03. The van der Waals surface area contributed by atoms with E-state index in [1.807, 2.05) is 0 Å². The predicted octanol–water partition coefficient (Wildman–Crippen LogP) is 4.53. The van der Waals surface area contributed by atoms with Crippen LogP contribution < -0.4 is 0 Å². The third-order valence-corrected chi connectivity index (χ3v) is 6.10. The Morgan fingerprint density at radius 2 is 1.80 bits per heavy atom. The third-order valence-electron chi connectivity index (χ3n) is 4.63. The predicted molar refractivity (Wildman–Crippen MR) is 90.0 cm³/mol. The van der Waals surface area contributed by atoms with Gasteiger partial charge in [0, 0.05) is 19.4 Å². The van der Waals surface area contributed by atoms with Crippen LogP contribution in [0.25, 0.3) is 0 Å². The highest BCUT2D eigenvalue weighted by Gasteiger charge is 2.41. The summed E-state index contributed by atoms with van der Waals surface area (Å²) < 4.78 is 0. The van der Waals surface area contributed by atoms with Gasteiger partial charge in [0.15, 0.2) is 0 Å². The maximum Gasteiger partial charge on any atom is 0.0504 e. The molecule has 1 aromatic rings. The van der Waals surface area contributed by atoms with Crippen molar-refractivity contribution in [2.45, 2.75) is 51.4 Å². The van der Waals surface area contributed by atoms with Gasteiger partial charge in [-0.05, 0) is 25.0 Å². The summed E-state index contributed by atoms with van der Waals surface area (Å²) >= 11 is 0. The molecule has 0 fully saturated rings. The van der Waals surface area contributed by atoms with Crippen LogP contribution in [0.3, 0.4) is 0 Å². The largest absolute Gasteiger partial charge is 0.396 e. The monoisotopic (exact) mass is 288 g/mol. The van der Waals surface area contributed by atoms with Gasteiger partial charge in [-0.1, -0.05) is 68.0 Å². The van der Waals surface area contributed by atoms with Gasteiger partial charge in [-0.25, -0.2) is 0 Å². The lowest BCUT2D eigenvalue weighted by molar-refractivity contribution is 0.195. The molecule has 0 saturated carbocycles. The van der Waals surface area contributed by atoms with E-state index in [9.17, 15) is 5.11 Å². The first kappa shape index (κ1) is 15.5. The lowest BCUT2D eigenvalue weighted by Crippen LogP contribution is -2.33. The molecule has 20 heavy (non-hydrogen) atoms. The highest BCUT2D eigenvalue weighted by atomic mass is 28.3. The second-order valence-corrected chi connectivity index (χ2v) is 13.2. The second kappa shape index (κ2) is 5.49. The molecular weight excluding hydrogens is 260 g/mol. The zero-order chi connectivity index (χ0) is 15.0. The fourth-order valence-electron chi connectivity index (χ4n) is 3.42. The molecule has 0 spiro atoms. The molecule has 1 N–H and O–H groups in total. The number of hydrogen-bond donors (Lipinski definition) is 1. The SMILES string of the molecule is Cc1ccc([C@]2(C)CC=C(C[Si](C)(C)C)[C@@H]2CO)cc1. The Morgan fingerprint density at radius 3 is 2.30 bits per heavy atom. The van der Waals surface area contributed by atoms with Gasteiger partial charge >= 0.3 is 0 Å². The van der Waals surface area contributed by atoms with Gasteiger partial charge in [0.1, 0.15) is 0 Å². The van der Waals surface area contributed by atoms with Gasteiger partial charge in [-0.2, -0.15) is 0 Å². The molecule has 0 radical (unpaired) electrons. The van der Waals surface area contributed by atoms with Crippen molar-refractivity contribution < 1.29 is 5.11 Å². The Bertz CT molecular complexity index is 495. The number of hydrogen-bond acceptors (Lipinski definition) is 1. The van der Waals surface area contributed by atoms with Crippen molar-refractivity contribution in [3.8, 4) is 0 Å². The first-order valence-corrected chi connectivity index (χ1v) is 11.3. The topological polar surface area (TPSA) is 20.2 Å². The van der Waals surface area contributed by atoms with Crippen LogP contribution in [0.4, 0.5) is 0 Å². The molecule has 0 saturated heterocycles. The first-order chi connectivity index (χ1) is 9.26. The highest BCUT2D eigenvalue weighted by molar-refractivity contribution is 6.76. The Hall–Kier alpha value is -0.863. The van der Waals surface area contributed by atoms with E-state index < -0.39 is 8.07 Å². The fraction of sp³-hybridized carbons (Fsp3) is 0.556. The lowest BCUT2D eigenvalue weighted by Gasteiger charge is -2.34. The summed E-state index contributed by atoms with van der Waals surface area (Å²) in [4.78, 5) is 0. The third kappa shape index (κ3) is 3.07. The summed E-state index contributed by atoms with van der Waals surface area (Å²) in [6.07, 6.45) is 3.46. The normalized spacial score (nSPS) is 26.7. The second-order valence-electron chi connectivity index (χ2n) is 7.74. The van der Waals surface area contributed by atoms with E-state index in [0.29, 0.717) is 0 Å². The molecule has 1 aromatic carbocycles. The number of aryl methyl sites for hydroxylation is 1. The molecule has 0 aliphatic heterocycles. The van der Waals surface area contributed by atoms with E-state index >= 15 is 0 Å². The zero-order valence-corrected chi connectivity index (χ0v) is 14.5. The molecule has 0 amide bonds. The van der Waals surface area contributed by atoms with Gasteiger partial charge in [-0.15, -0.1) is 0 Å². The molecule has 0 unspecified atom stereocenters. The number of allylic oxidation sites excluding steroid dienone is 1. The number of rotatable bonds is 4. The Morgan fingerprint density at radius 1 is 1.20 bits per heavy atom. The van der Waals surface area contributed by atoms with Crippen molar-refractivity contribution in [3.63, 3.8) is 0 Å². The van der Waals surface area contributed by atoms with Crippen LogP contribution in [0.2, 0.25) is 25.7 Å². The molecule has 1 nitrogen and oxygen atoms in total. The van der Waals surface area contributed by atoms with Crippen molar-refractivity contribution in [1.82, 2.24) is 0 Å². The van der Waals surface area contributed by atoms with Crippen LogP contribution in [0, 0.1) is 12.8 Å². The highest BCUT2D eigenvalue weighted by Crippen LogP contribution is 2.47. The quantitative estimate of drug-likeness (QED) is 0.637. The van der Waals surface area contributed by atoms with Crippen LogP contribution >= 0.6 is 0 Å². The first-order valence-electron chi connectivity index (χ1n) is 7.63. The van der Waals surface area contributed by atoms with Gasteiger partial charge in [0.25, 0.3) is 0 Å². The van der Waals surface area contributed by atoms with Gasteiger partial charge < -0.3 is 5.11 Å². The summed E-state index contributed by atoms with van der Waals surface area (Å²) in [5, 5.41) is 9.96. The molecule has 1 aliphatic carbocycles. The number of aliphatic hydroxyl groups is 1. The summed E-state index contributed by atoms with van der Waals surface area (Å²) in [6.45, 7) is 11.9. The molecule has 0 aromatic heterocycles. The minimum Gasteiger partial charge on any atom is -0.396 e. The van der Waals surface area contributed by atoms with E-state index in [4.69, 9.17) is 0 Å². The average molecular weight is 289 g/mol. The molecule has 1 aliphatic rings. The van der Waals surface area contributed by atoms with Crippen LogP contribution in [-0.2, 0) is 5.41 Å². The van der Waals surface area contributed by atoms with Crippen molar-refractivity contribution in [2.75, 3.05) is 6.61 Å². The van der Waals surface area contributed by atoms with Crippen molar-refractivity contribution >= 4 is 8.07 Å². The van der Waals surface area contributed by atoms with Crippen LogP contribution in [-0.4, -0.2) is 19.8 Å². The standard InChI is InChI=1S/C18H28OSi/c1-14-6-8-16(9-7-14)18(2)11-10-15(17(18)12-19)13-20(3,4)5/h6-10,17,19H,11-13H2,1-5H3/t17-,18-/m0/s1. The summed E-state index contributed by atoms with van der Waals surface area (Å²) in [5.41, 5.74) is 4.22. The van der Waals surface area contributed by atoms with E-state index in [2.05, 4.69) is 63.8 Å². The van der Waals surface area contributed by atoms with Crippen LogP contribution in [0.1, 0.15) is 24.5 Å².